The van der Waals surface area contributed by atoms with E-state index in [1.165, 1.54) is 0 Å². The van der Waals surface area contributed by atoms with Crippen molar-refractivity contribution in [2.45, 2.75) is 51.7 Å². The Morgan fingerprint density at radius 3 is 3.17 bits per heavy atom. The van der Waals surface area contributed by atoms with Gasteiger partial charge in [0.2, 0.25) is 5.91 Å². The molecule has 3 heterocycles. The second-order valence-corrected chi connectivity index (χ2v) is 8.08. The zero-order valence-corrected chi connectivity index (χ0v) is 14.9. The lowest BCUT2D eigenvalue weighted by Crippen LogP contribution is -2.58. The number of hydrogen-bond acceptors (Lipinski definition) is 4. The van der Waals surface area contributed by atoms with E-state index in [-0.39, 0.29) is 23.5 Å². The van der Waals surface area contributed by atoms with E-state index in [1.807, 2.05) is 22.4 Å². The fraction of sp³-hybridized carbons (Fsp3) is 0.722. The number of nitrogens with zero attached hydrogens (tertiary/aromatic N) is 1. The van der Waals surface area contributed by atoms with Gasteiger partial charge in [-0.25, -0.2) is 0 Å². The number of thiophene rings is 1. The molecule has 23 heavy (non-hydrogen) atoms. The Balaban J connectivity index is 1.68. The number of likely N-dealkylation sites (tertiary alicyclic amines) is 1. The lowest BCUT2D eigenvalue weighted by molar-refractivity contribution is -0.167. The largest absolute Gasteiger partial charge is 0.378 e. The smallest absolute Gasteiger partial charge is 0.227 e. The molecule has 4 nitrogen and oxygen atoms in total. The van der Waals surface area contributed by atoms with Crippen molar-refractivity contribution < 1.29 is 14.3 Å². The van der Waals surface area contributed by atoms with E-state index >= 15 is 0 Å². The van der Waals surface area contributed by atoms with Crippen molar-refractivity contribution in [3.05, 3.63) is 22.4 Å². The van der Waals surface area contributed by atoms with Crippen LogP contribution < -0.4 is 0 Å². The summed E-state index contributed by atoms with van der Waals surface area (Å²) in [5.74, 6) is 0.236. The third-order valence-corrected chi connectivity index (χ3v) is 5.83. The maximum Gasteiger partial charge on any atom is 0.227 e. The number of carbonyl (C=O) groups is 1. The minimum atomic E-state index is -0.0219. The van der Waals surface area contributed by atoms with E-state index in [4.69, 9.17) is 9.47 Å². The van der Waals surface area contributed by atoms with E-state index < -0.39 is 0 Å². The highest BCUT2D eigenvalue weighted by Gasteiger charge is 2.47. The molecule has 3 rings (SSSR count). The maximum atomic E-state index is 12.7. The van der Waals surface area contributed by atoms with Crippen LogP contribution >= 0.6 is 11.3 Å². The Kier molecular flexibility index (Phi) is 5.39. The topological polar surface area (TPSA) is 38.8 Å². The summed E-state index contributed by atoms with van der Waals surface area (Å²) in [7, 11) is 0. The van der Waals surface area contributed by atoms with Crippen LogP contribution in [0.2, 0.25) is 0 Å². The molecule has 2 fully saturated rings. The van der Waals surface area contributed by atoms with Crippen LogP contribution in [-0.2, 0) is 20.7 Å². The van der Waals surface area contributed by atoms with Gasteiger partial charge in [0.05, 0.1) is 25.2 Å². The minimum absolute atomic E-state index is 0.0219. The first-order chi connectivity index (χ1) is 11.1. The van der Waals surface area contributed by atoms with E-state index in [2.05, 4.69) is 13.8 Å². The standard InChI is InChI=1S/C18H27NO3S/c1-14(2)22-13-18-7-4-9-21-16(18)6-8-19(12-18)17(20)11-15-5-3-10-23-15/h3,5,10,14,16H,4,6-9,11-13H2,1-2H3/t16-,18+/m0/s1. The Morgan fingerprint density at radius 1 is 1.57 bits per heavy atom. The first kappa shape index (κ1) is 16.9. The van der Waals surface area contributed by atoms with Gasteiger partial charge in [-0.15, -0.1) is 11.3 Å². The summed E-state index contributed by atoms with van der Waals surface area (Å²) in [6.07, 6.45) is 4.05. The number of ether oxygens (including phenoxy) is 2. The summed E-state index contributed by atoms with van der Waals surface area (Å²) in [6.45, 7) is 7.25. The molecule has 0 aromatic carbocycles. The van der Waals surface area contributed by atoms with Gasteiger partial charge in [0, 0.05) is 30.0 Å². The molecule has 128 valence electrons. The Bertz CT molecular complexity index is 516. The molecule has 0 spiro atoms. The van der Waals surface area contributed by atoms with E-state index in [0.29, 0.717) is 13.0 Å². The first-order valence-corrected chi connectivity index (χ1v) is 9.50. The fourth-order valence-corrected chi connectivity index (χ4v) is 4.42. The number of rotatable bonds is 5. The van der Waals surface area contributed by atoms with Crippen molar-refractivity contribution in [3.63, 3.8) is 0 Å². The highest BCUT2D eigenvalue weighted by molar-refractivity contribution is 7.10. The zero-order chi connectivity index (χ0) is 16.3. The second kappa shape index (κ2) is 7.32. The molecule has 2 aliphatic rings. The number of piperidine rings is 1. The fourth-order valence-electron chi connectivity index (χ4n) is 3.72. The Labute approximate surface area is 142 Å². The average molecular weight is 337 g/mol. The molecule has 2 aliphatic heterocycles. The molecule has 0 radical (unpaired) electrons. The van der Waals surface area contributed by atoms with Gasteiger partial charge in [-0.2, -0.15) is 0 Å². The minimum Gasteiger partial charge on any atom is -0.378 e. The first-order valence-electron chi connectivity index (χ1n) is 8.62. The van der Waals surface area contributed by atoms with Crippen LogP contribution in [0, 0.1) is 5.41 Å². The number of hydrogen-bond donors (Lipinski definition) is 0. The summed E-state index contributed by atoms with van der Waals surface area (Å²) >= 11 is 1.65. The lowest BCUT2D eigenvalue weighted by atomic mass is 9.73. The highest BCUT2D eigenvalue weighted by atomic mass is 32.1. The van der Waals surface area contributed by atoms with Gasteiger partial charge in [0.25, 0.3) is 0 Å². The van der Waals surface area contributed by atoms with Gasteiger partial charge in [-0.1, -0.05) is 6.07 Å². The van der Waals surface area contributed by atoms with Crippen LogP contribution in [0.15, 0.2) is 17.5 Å². The predicted molar refractivity (Wildman–Crippen MR) is 91.7 cm³/mol. The normalized spacial score (nSPS) is 28.0. The predicted octanol–water partition coefficient (Wildman–Crippen LogP) is 3.11. The molecule has 0 bridgehead atoms. The van der Waals surface area contributed by atoms with E-state index in [1.54, 1.807) is 11.3 Å². The highest BCUT2D eigenvalue weighted by Crippen LogP contribution is 2.40. The van der Waals surface area contributed by atoms with Crippen molar-refractivity contribution in [2.24, 2.45) is 5.41 Å². The lowest BCUT2D eigenvalue weighted by Gasteiger charge is -2.50. The van der Waals surface area contributed by atoms with Crippen LogP contribution in [0.5, 0.6) is 0 Å². The van der Waals surface area contributed by atoms with Crippen LogP contribution in [0.4, 0.5) is 0 Å². The molecule has 0 unspecified atom stereocenters. The molecule has 5 heteroatoms. The molecule has 1 amide bonds. The third kappa shape index (κ3) is 3.95. The zero-order valence-electron chi connectivity index (χ0n) is 14.1. The van der Waals surface area contributed by atoms with Crippen molar-refractivity contribution in [1.29, 1.82) is 0 Å². The SMILES string of the molecule is CC(C)OC[C@]12CCCO[C@H]1CCN(C(=O)Cc1cccs1)C2. The van der Waals surface area contributed by atoms with Crippen molar-refractivity contribution in [3.8, 4) is 0 Å². The molecule has 0 N–H and O–H groups in total. The Morgan fingerprint density at radius 2 is 2.43 bits per heavy atom. The van der Waals surface area contributed by atoms with Crippen molar-refractivity contribution in [2.75, 3.05) is 26.3 Å². The van der Waals surface area contributed by atoms with Crippen LogP contribution in [0.3, 0.4) is 0 Å². The Hall–Kier alpha value is -0.910. The monoisotopic (exact) mass is 337 g/mol. The van der Waals surface area contributed by atoms with E-state index in [0.717, 1.165) is 43.8 Å². The molecule has 1 aromatic heterocycles. The number of amides is 1. The van der Waals surface area contributed by atoms with Gasteiger partial charge in [0.15, 0.2) is 0 Å². The quantitative estimate of drug-likeness (QED) is 0.829. The van der Waals surface area contributed by atoms with Crippen LogP contribution in [0.1, 0.15) is 38.0 Å². The molecular weight excluding hydrogens is 310 g/mol. The number of fused-ring (bicyclic) bond motifs is 1. The third-order valence-electron chi connectivity index (χ3n) is 4.95. The van der Waals surface area contributed by atoms with Crippen LogP contribution in [-0.4, -0.2) is 49.3 Å². The molecule has 0 aliphatic carbocycles. The summed E-state index contributed by atoms with van der Waals surface area (Å²) in [6, 6.07) is 4.04. The van der Waals surface area contributed by atoms with Gasteiger partial charge in [-0.3, -0.25) is 4.79 Å². The molecular formula is C18H27NO3S. The molecule has 2 atom stereocenters. The average Bonchev–Trinajstić information content (AvgIpc) is 3.05. The molecule has 0 saturated carbocycles. The van der Waals surface area contributed by atoms with Gasteiger partial charge in [-0.05, 0) is 44.6 Å². The van der Waals surface area contributed by atoms with Gasteiger partial charge in [0.1, 0.15) is 0 Å². The summed E-state index contributed by atoms with van der Waals surface area (Å²) in [5, 5.41) is 2.03. The van der Waals surface area contributed by atoms with Crippen molar-refractivity contribution in [1.82, 2.24) is 4.90 Å². The van der Waals surface area contributed by atoms with Gasteiger partial charge >= 0.3 is 0 Å². The molecule has 1 aromatic rings. The van der Waals surface area contributed by atoms with E-state index in [9.17, 15) is 4.79 Å². The summed E-state index contributed by atoms with van der Waals surface area (Å²) in [4.78, 5) is 15.9. The van der Waals surface area contributed by atoms with Crippen LogP contribution in [0.25, 0.3) is 0 Å². The molecule has 2 saturated heterocycles. The second-order valence-electron chi connectivity index (χ2n) is 7.05. The maximum absolute atomic E-state index is 12.7. The summed E-state index contributed by atoms with van der Waals surface area (Å²) in [5.41, 5.74) is -0.0219. The summed E-state index contributed by atoms with van der Waals surface area (Å²) < 4.78 is 12.0. The van der Waals surface area contributed by atoms with Crippen molar-refractivity contribution >= 4 is 17.2 Å². The number of carbonyl (C=O) groups excluding carboxylic acids is 1. The van der Waals surface area contributed by atoms with Gasteiger partial charge < -0.3 is 14.4 Å².